The molecule has 3 rings (SSSR count). The fourth-order valence-corrected chi connectivity index (χ4v) is 3.58. The van der Waals surface area contributed by atoms with Gasteiger partial charge in [-0.3, -0.25) is 4.79 Å². The summed E-state index contributed by atoms with van der Waals surface area (Å²) >= 11 is 0. The van der Waals surface area contributed by atoms with Crippen LogP contribution >= 0.6 is 0 Å². The molecule has 9 heteroatoms. The quantitative estimate of drug-likeness (QED) is 0.695. The van der Waals surface area contributed by atoms with Gasteiger partial charge in [-0.25, -0.2) is 13.2 Å². The topological polar surface area (TPSA) is 105 Å². The van der Waals surface area contributed by atoms with Gasteiger partial charge in [-0.1, -0.05) is 0 Å². The third-order valence-electron chi connectivity index (χ3n) is 4.13. The van der Waals surface area contributed by atoms with Crippen LogP contribution < -0.4 is 5.32 Å². The highest BCUT2D eigenvalue weighted by Crippen LogP contribution is 2.32. The fraction of sp³-hybridized carbons (Fsp3) is 0.533. The molecule has 0 unspecified atom stereocenters. The lowest BCUT2D eigenvalue weighted by Gasteiger charge is -2.28. The average molecular weight is 353 g/mol. The molecular formula is C15H19N3O5S. The van der Waals surface area contributed by atoms with Gasteiger partial charge in [0, 0.05) is 18.8 Å². The van der Waals surface area contributed by atoms with Crippen molar-refractivity contribution in [2.45, 2.75) is 25.8 Å². The molecule has 0 aromatic rings. The van der Waals surface area contributed by atoms with Gasteiger partial charge < -0.3 is 15.0 Å². The molecule has 0 aromatic heterocycles. The highest BCUT2D eigenvalue weighted by Gasteiger charge is 2.32. The van der Waals surface area contributed by atoms with Gasteiger partial charge in [0.2, 0.25) is 0 Å². The van der Waals surface area contributed by atoms with E-state index >= 15 is 0 Å². The van der Waals surface area contributed by atoms with E-state index in [1.54, 1.807) is 17.2 Å². The number of amides is 1. The molecule has 1 fully saturated rings. The number of fused-ring (bicyclic) bond motifs is 1. The number of rotatable bonds is 5. The van der Waals surface area contributed by atoms with Crippen molar-refractivity contribution in [2.24, 2.45) is 10.3 Å². The van der Waals surface area contributed by atoms with E-state index in [1.165, 1.54) is 6.08 Å². The number of esters is 1. The zero-order chi connectivity index (χ0) is 17.3. The Labute approximate surface area is 140 Å². The van der Waals surface area contributed by atoms with Crippen LogP contribution in [-0.4, -0.2) is 56.0 Å². The summed E-state index contributed by atoms with van der Waals surface area (Å²) in [5.74, 6) is -0.698. The minimum Gasteiger partial charge on any atom is -0.452 e. The second kappa shape index (κ2) is 6.39. The summed E-state index contributed by atoms with van der Waals surface area (Å²) in [6.07, 6.45) is 6.90. The molecular weight excluding hydrogens is 334 g/mol. The van der Waals surface area contributed by atoms with Crippen molar-refractivity contribution >= 4 is 27.7 Å². The molecule has 1 N–H and O–H groups in total. The minimum absolute atomic E-state index is 0.0313. The van der Waals surface area contributed by atoms with E-state index in [0.717, 1.165) is 12.8 Å². The molecule has 0 radical (unpaired) electrons. The molecule has 2 aliphatic heterocycles. The summed E-state index contributed by atoms with van der Waals surface area (Å²) in [4.78, 5) is 25.6. The minimum atomic E-state index is -3.58. The van der Waals surface area contributed by atoms with E-state index in [-0.39, 0.29) is 35.7 Å². The normalized spacial score (nSPS) is 22.8. The largest absolute Gasteiger partial charge is 0.452 e. The standard InChI is InChI=1S/C15H19N3O5S/c1-10(11-4-5-11)16-13(19)9-23-15(20)12-3-2-6-18-7-8-24(21,22)17-14(12)18/h2-3,6,10-11H,4-5,7-9H2,1H3,(H,16,19)/t10-/m1/s1. The first-order valence-electron chi connectivity index (χ1n) is 7.80. The number of hydrogen-bond donors (Lipinski definition) is 1. The lowest BCUT2D eigenvalue weighted by molar-refractivity contribution is -0.144. The second-order valence-corrected chi connectivity index (χ2v) is 7.84. The third-order valence-corrected chi connectivity index (χ3v) is 5.28. The molecule has 1 amide bonds. The molecule has 3 aliphatic rings. The van der Waals surface area contributed by atoms with Gasteiger partial charge in [0.05, 0.1) is 5.75 Å². The molecule has 1 saturated carbocycles. The van der Waals surface area contributed by atoms with E-state index in [2.05, 4.69) is 9.71 Å². The fourth-order valence-electron chi connectivity index (χ4n) is 2.59. The molecule has 1 aliphatic carbocycles. The number of nitrogens with one attached hydrogen (secondary N) is 1. The Kier molecular flexibility index (Phi) is 4.44. The monoisotopic (exact) mass is 353 g/mol. The van der Waals surface area contributed by atoms with E-state index in [4.69, 9.17) is 4.74 Å². The Morgan fingerprint density at radius 1 is 1.46 bits per heavy atom. The number of hydrogen-bond acceptors (Lipinski definition) is 6. The number of ether oxygens (including phenoxy) is 1. The van der Waals surface area contributed by atoms with Crippen molar-refractivity contribution < 1.29 is 22.7 Å². The predicted octanol–water partition coefficient (Wildman–Crippen LogP) is -0.0581. The Morgan fingerprint density at radius 3 is 2.92 bits per heavy atom. The summed E-state index contributed by atoms with van der Waals surface area (Å²) in [5.41, 5.74) is 0.0313. The lowest BCUT2D eigenvalue weighted by Crippen LogP contribution is -2.41. The Balaban J connectivity index is 1.61. The first-order chi connectivity index (χ1) is 11.4. The Hall–Kier alpha value is -2.16. The van der Waals surface area contributed by atoms with Crippen molar-refractivity contribution in [2.75, 3.05) is 18.9 Å². The Bertz CT molecular complexity index is 749. The van der Waals surface area contributed by atoms with Gasteiger partial charge in [0.25, 0.3) is 15.9 Å². The van der Waals surface area contributed by atoms with E-state index in [0.29, 0.717) is 5.92 Å². The van der Waals surface area contributed by atoms with Crippen LogP contribution in [0.3, 0.4) is 0 Å². The van der Waals surface area contributed by atoms with Gasteiger partial charge in [-0.15, -0.1) is 4.40 Å². The van der Waals surface area contributed by atoms with Crippen molar-refractivity contribution in [1.29, 1.82) is 0 Å². The average Bonchev–Trinajstić information content (AvgIpc) is 3.36. The maximum absolute atomic E-state index is 12.2. The van der Waals surface area contributed by atoms with Crippen LogP contribution in [0.15, 0.2) is 28.3 Å². The molecule has 130 valence electrons. The summed E-state index contributed by atoms with van der Waals surface area (Å²) in [6, 6.07) is 0.0661. The number of sulfonamides is 1. The number of nitrogens with zero attached hydrogens (tertiary/aromatic N) is 2. The zero-order valence-corrected chi connectivity index (χ0v) is 14.1. The third kappa shape index (κ3) is 3.84. The van der Waals surface area contributed by atoms with Gasteiger partial charge in [0.1, 0.15) is 5.57 Å². The lowest BCUT2D eigenvalue weighted by atomic mass is 10.1. The summed E-state index contributed by atoms with van der Waals surface area (Å²) in [7, 11) is -3.58. The first kappa shape index (κ1) is 16.7. The van der Waals surface area contributed by atoms with Crippen LogP contribution in [0.4, 0.5) is 0 Å². The Morgan fingerprint density at radius 2 is 2.21 bits per heavy atom. The number of carbonyl (C=O) groups excluding carboxylic acids is 2. The molecule has 0 spiro atoms. The van der Waals surface area contributed by atoms with Crippen LogP contribution in [-0.2, 0) is 24.3 Å². The maximum Gasteiger partial charge on any atom is 0.342 e. The summed E-state index contributed by atoms with van der Waals surface area (Å²) < 4.78 is 31.9. The van der Waals surface area contributed by atoms with Crippen molar-refractivity contribution in [3.05, 3.63) is 23.9 Å². The molecule has 0 aromatic carbocycles. The van der Waals surface area contributed by atoms with Crippen molar-refractivity contribution in [3.8, 4) is 0 Å². The number of allylic oxidation sites excluding steroid dienone is 2. The van der Waals surface area contributed by atoms with Gasteiger partial charge in [-0.05, 0) is 37.8 Å². The van der Waals surface area contributed by atoms with Crippen molar-refractivity contribution in [3.63, 3.8) is 0 Å². The van der Waals surface area contributed by atoms with E-state index in [1.807, 2.05) is 6.92 Å². The summed E-state index contributed by atoms with van der Waals surface area (Å²) in [5, 5.41) is 2.78. The SMILES string of the molecule is C[C@@H](NC(=O)COC(=O)C1=CC=CN2CCS(=O)(=O)N=C12)C1CC1. The number of carbonyl (C=O) groups is 2. The molecule has 24 heavy (non-hydrogen) atoms. The van der Waals surface area contributed by atoms with Gasteiger partial charge in [0.15, 0.2) is 12.4 Å². The molecule has 0 bridgehead atoms. The van der Waals surface area contributed by atoms with Crippen LogP contribution in [0.25, 0.3) is 0 Å². The number of amidine groups is 1. The molecule has 0 saturated heterocycles. The molecule has 2 heterocycles. The zero-order valence-electron chi connectivity index (χ0n) is 13.3. The van der Waals surface area contributed by atoms with E-state index < -0.39 is 22.6 Å². The molecule has 8 nitrogen and oxygen atoms in total. The van der Waals surface area contributed by atoms with Gasteiger partial charge in [-0.2, -0.15) is 0 Å². The van der Waals surface area contributed by atoms with Crippen LogP contribution in [0.2, 0.25) is 0 Å². The molecule has 1 atom stereocenters. The predicted molar refractivity (Wildman–Crippen MR) is 86.4 cm³/mol. The van der Waals surface area contributed by atoms with E-state index in [9.17, 15) is 18.0 Å². The smallest absolute Gasteiger partial charge is 0.342 e. The van der Waals surface area contributed by atoms with Crippen LogP contribution in [0.5, 0.6) is 0 Å². The highest BCUT2D eigenvalue weighted by molar-refractivity contribution is 7.90. The van der Waals surface area contributed by atoms with Crippen molar-refractivity contribution in [1.82, 2.24) is 10.2 Å². The van der Waals surface area contributed by atoms with Crippen LogP contribution in [0.1, 0.15) is 19.8 Å². The highest BCUT2D eigenvalue weighted by atomic mass is 32.2. The second-order valence-electron chi connectivity index (χ2n) is 6.09. The maximum atomic E-state index is 12.2. The van der Waals surface area contributed by atoms with Crippen LogP contribution in [0, 0.1) is 5.92 Å². The first-order valence-corrected chi connectivity index (χ1v) is 9.41. The van der Waals surface area contributed by atoms with Gasteiger partial charge >= 0.3 is 5.97 Å². The summed E-state index contributed by atoms with van der Waals surface area (Å²) in [6.45, 7) is 1.74.